The van der Waals surface area contributed by atoms with Gasteiger partial charge in [-0.1, -0.05) is 36.4 Å². The topological polar surface area (TPSA) is 24.9 Å². The van der Waals surface area contributed by atoms with Crippen LogP contribution in [0.3, 0.4) is 0 Å². The number of benzene rings is 2. The number of rotatable bonds is 4. The number of aromatic nitrogens is 1. The van der Waals surface area contributed by atoms with Gasteiger partial charge in [-0.3, -0.25) is 4.98 Å². The van der Waals surface area contributed by atoms with E-state index in [1.807, 2.05) is 12.3 Å². The fourth-order valence-corrected chi connectivity index (χ4v) is 2.75. The smallest absolute Gasteiger partial charge is 0.0708 e. The standard InChI is InChI=1S/C19H18N2/c1-4-14(13-21-16-9-10-16)12-15(5-1)17-6-2-8-19-18(17)7-3-11-20-19/h1-8,11-12,16,21H,9-10,13H2. The van der Waals surface area contributed by atoms with Crippen LogP contribution in [0.25, 0.3) is 22.0 Å². The Balaban J connectivity index is 1.72. The molecule has 1 heterocycles. The van der Waals surface area contributed by atoms with Crippen molar-refractivity contribution in [2.75, 3.05) is 0 Å². The zero-order valence-electron chi connectivity index (χ0n) is 11.9. The van der Waals surface area contributed by atoms with E-state index in [0.29, 0.717) is 0 Å². The van der Waals surface area contributed by atoms with Crippen LogP contribution in [0.1, 0.15) is 18.4 Å². The van der Waals surface area contributed by atoms with E-state index in [0.717, 1.165) is 18.1 Å². The van der Waals surface area contributed by atoms with Crippen LogP contribution >= 0.6 is 0 Å². The molecule has 2 aromatic carbocycles. The maximum atomic E-state index is 4.45. The molecule has 1 aromatic heterocycles. The van der Waals surface area contributed by atoms with Crippen LogP contribution in [0.2, 0.25) is 0 Å². The predicted molar refractivity (Wildman–Crippen MR) is 87.0 cm³/mol. The molecule has 1 saturated carbocycles. The molecule has 2 heteroatoms. The average Bonchev–Trinajstić information content (AvgIpc) is 3.37. The van der Waals surface area contributed by atoms with Crippen molar-refractivity contribution in [3.63, 3.8) is 0 Å². The van der Waals surface area contributed by atoms with Crippen molar-refractivity contribution < 1.29 is 0 Å². The minimum Gasteiger partial charge on any atom is -0.310 e. The van der Waals surface area contributed by atoms with Gasteiger partial charge in [-0.2, -0.15) is 0 Å². The molecule has 0 amide bonds. The van der Waals surface area contributed by atoms with E-state index in [-0.39, 0.29) is 0 Å². The third kappa shape index (κ3) is 2.67. The van der Waals surface area contributed by atoms with Crippen molar-refractivity contribution in [3.8, 4) is 11.1 Å². The van der Waals surface area contributed by atoms with Crippen LogP contribution in [0.5, 0.6) is 0 Å². The molecular weight excluding hydrogens is 256 g/mol. The summed E-state index contributed by atoms with van der Waals surface area (Å²) < 4.78 is 0. The summed E-state index contributed by atoms with van der Waals surface area (Å²) in [6.07, 6.45) is 4.51. The first-order valence-corrected chi connectivity index (χ1v) is 7.56. The lowest BCUT2D eigenvalue weighted by atomic mass is 9.99. The van der Waals surface area contributed by atoms with Gasteiger partial charge >= 0.3 is 0 Å². The van der Waals surface area contributed by atoms with Crippen molar-refractivity contribution in [1.29, 1.82) is 0 Å². The van der Waals surface area contributed by atoms with Gasteiger partial charge in [0, 0.05) is 24.2 Å². The molecule has 1 aliphatic rings. The molecule has 21 heavy (non-hydrogen) atoms. The maximum Gasteiger partial charge on any atom is 0.0708 e. The minimum atomic E-state index is 0.746. The molecule has 0 atom stereocenters. The van der Waals surface area contributed by atoms with E-state index >= 15 is 0 Å². The molecule has 0 bridgehead atoms. The monoisotopic (exact) mass is 274 g/mol. The molecule has 1 aliphatic carbocycles. The molecule has 3 aromatic rings. The van der Waals surface area contributed by atoms with E-state index < -0.39 is 0 Å². The second-order valence-corrected chi connectivity index (χ2v) is 5.73. The lowest BCUT2D eigenvalue weighted by Gasteiger charge is -2.09. The molecule has 1 N–H and O–H groups in total. The summed E-state index contributed by atoms with van der Waals surface area (Å²) in [5.41, 5.74) is 4.93. The van der Waals surface area contributed by atoms with Gasteiger partial charge in [0.05, 0.1) is 5.52 Å². The van der Waals surface area contributed by atoms with Crippen LogP contribution in [-0.4, -0.2) is 11.0 Å². The van der Waals surface area contributed by atoms with Gasteiger partial charge in [-0.25, -0.2) is 0 Å². The zero-order chi connectivity index (χ0) is 14.1. The van der Waals surface area contributed by atoms with Gasteiger partial charge < -0.3 is 5.32 Å². The molecule has 0 radical (unpaired) electrons. The highest BCUT2D eigenvalue weighted by Crippen LogP contribution is 2.28. The second kappa shape index (κ2) is 5.30. The molecule has 0 saturated heterocycles. The summed E-state index contributed by atoms with van der Waals surface area (Å²) >= 11 is 0. The molecule has 4 rings (SSSR count). The number of hydrogen-bond donors (Lipinski definition) is 1. The lowest BCUT2D eigenvalue weighted by molar-refractivity contribution is 0.688. The Bertz CT molecular complexity index is 770. The van der Waals surface area contributed by atoms with E-state index in [1.54, 1.807) is 0 Å². The number of nitrogens with one attached hydrogen (secondary N) is 1. The maximum absolute atomic E-state index is 4.45. The summed E-state index contributed by atoms with van der Waals surface area (Å²) in [6.45, 7) is 0.960. The fourth-order valence-electron chi connectivity index (χ4n) is 2.75. The Labute approximate surface area is 124 Å². The predicted octanol–water partition coefficient (Wildman–Crippen LogP) is 4.15. The average molecular weight is 274 g/mol. The molecular formula is C19H18N2. The molecule has 1 fully saturated rings. The number of fused-ring (bicyclic) bond motifs is 1. The van der Waals surface area contributed by atoms with Gasteiger partial charge in [0.1, 0.15) is 0 Å². The fraction of sp³-hybridized carbons (Fsp3) is 0.211. The van der Waals surface area contributed by atoms with Crippen molar-refractivity contribution in [2.24, 2.45) is 0 Å². The number of nitrogens with zero attached hydrogens (tertiary/aromatic N) is 1. The Kier molecular flexibility index (Phi) is 3.17. The van der Waals surface area contributed by atoms with E-state index in [4.69, 9.17) is 0 Å². The highest BCUT2D eigenvalue weighted by atomic mass is 14.9. The van der Waals surface area contributed by atoms with Gasteiger partial charge in [-0.05, 0) is 47.7 Å². The minimum absolute atomic E-state index is 0.746. The zero-order valence-corrected chi connectivity index (χ0v) is 11.9. The summed E-state index contributed by atoms with van der Waals surface area (Å²) in [4.78, 5) is 4.45. The van der Waals surface area contributed by atoms with Gasteiger partial charge in [0.15, 0.2) is 0 Å². The van der Waals surface area contributed by atoms with Gasteiger partial charge in [-0.15, -0.1) is 0 Å². The first-order valence-electron chi connectivity index (χ1n) is 7.56. The molecule has 0 spiro atoms. The van der Waals surface area contributed by atoms with Gasteiger partial charge in [0.25, 0.3) is 0 Å². The van der Waals surface area contributed by atoms with Crippen molar-refractivity contribution in [3.05, 3.63) is 66.4 Å². The van der Waals surface area contributed by atoms with Crippen molar-refractivity contribution in [1.82, 2.24) is 10.3 Å². The van der Waals surface area contributed by atoms with E-state index in [2.05, 4.69) is 58.8 Å². The van der Waals surface area contributed by atoms with Crippen LogP contribution < -0.4 is 5.32 Å². The lowest BCUT2D eigenvalue weighted by Crippen LogP contribution is -2.15. The van der Waals surface area contributed by atoms with Crippen LogP contribution in [0.15, 0.2) is 60.8 Å². The highest BCUT2D eigenvalue weighted by Gasteiger charge is 2.19. The first-order chi connectivity index (χ1) is 10.4. The van der Waals surface area contributed by atoms with Crippen LogP contribution in [0.4, 0.5) is 0 Å². The van der Waals surface area contributed by atoms with Crippen LogP contribution in [-0.2, 0) is 6.54 Å². The van der Waals surface area contributed by atoms with Gasteiger partial charge in [0.2, 0.25) is 0 Å². The van der Waals surface area contributed by atoms with E-state index in [1.165, 1.54) is 34.9 Å². The quantitative estimate of drug-likeness (QED) is 0.773. The highest BCUT2D eigenvalue weighted by molar-refractivity contribution is 5.94. The molecule has 104 valence electrons. The summed E-state index contributed by atoms with van der Waals surface area (Å²) in [5.74, 6) is 0. The third-order valence-corrected chi connectivity index (χ3v) is 4.06. The Hall–Kier alpha value is -2.19. The number of hydrogen-bond acceptors (Lipinski definition) is 2. The molecule has 0 unspecified atom stereocenters. The summed E-state index contributed by atoms with van der Waals surface area (Å²) in [5, 5.41) is 4.79. The summed E-state index contributed by atoms with van der Waals surface area (Å²) in [7, 11) is 0. The molecule has 0 aliphatic heterocycles. The van der Waals surface area contributed by atoms with Crippen molar-refractivity contribution in [2.45, 2.75) is 25.4 Å². The third-order valence-electron chi connectivity index (χ3n) is 4.06. The van der Waals surface area contributed by atoms with E-state index in [9.17, 15) is 0 Å². The SMILES string of the molecule is c1cc(CNC2CC2)cc(-c2cccc3ncccc23)c1. The van der Waals surface area contributed by atoms with Crippen molar-refractivity contribution >= 4 is 10.9 Å². The summed E-state index contributed by atoms with van der Waals surface area (Å²) in [6, 6.07) is 20.0. The largest absolute Gasteiger partial charge is 0.310 e. The van der Waals surface area contributed by atoms with Crippen LogP contribution in [0, 0.1) is 0 Å². The Morgan fingerprint density at radius 2 is 1.90 bits per heavy atom. The second-order valence-electron chi connectivity index (χ2n) is 5.73. The molecule has 2 nitrogen and oxygen atoms in total. The Morgan fingerprint density at radius 3 is 2.81 bits per heavy atom. The first kappa shape index (κ1) is 12.5. The number of pyridine rings is 1. The normalized spacial score (nSPS) is 14.5. The Morgan fingerprint density at radius 1 is 1.00 bits per heavy atom.